The Hall–Kier alpha value is -2.28. The second-order valence-corrected chi connectivity index (χ2v) is 7.42. The Labute approximate surface area is 151 Å². The minimum absolute atomic E-state index is 0.571. The highest BCUT2D eigenvalue weighted by atomic mass is 32.1. The number of para-hydroxylation sites is 1. The molecule has 3 nitrogen and oxygen atoms in total. The fourth-order valence-corrected chi connectivity index (χ4v) is 3.79. The molecule has 0 aliphatic carbocycles. The van der Waals surface area contributed by atoms with E-state index in [4.69, 9.17) is 14.2 Å². The number of hydrogen-bond acceptors (Lipinski definition) is 6. The molecule has 0 saturated heterocycles. The first-order valence-corrected chi connectivity index (χ1v) is 9.79. The summed E-state index contributed by atoms with van der Waals surface area (Å²) in [5.74, 6) is 1.82. The predicted molar refractivity (Wildman–Crippen MR) is 99.6 cm³/mol. The first-order valence-electron chi connectivity index (χ1n) is 7.15. The second kappa shape index (κ2) is 7.09. The van der Waals surface area contributed by atoms with Gasteiger partial charge in [-0.1, -0.05) is 6.07 Å². The van der Waals surface area contributed by atoms with Gasteiger partial charge in [0.15, 0.2) is 26.7 Å². The highest BCUT2D eigenvalue weighted by Crippen LogP contribution is 2.45. The molecule has 0 saturated carbocycles. The van der Waals surface area contributed by atoms with E-state index < -0.39 is 0 Å². The smallest absolute Gasteiger partial charge is 0.213 e. The van der Waals surface area contributed by atoms with Gasteiger partial charge in [-0.15, -0.1) is 34.0 Å². The van der Waals surface area contributed by atoms with Crippen molar-refractivity contribution in [3.8, 4) is 32.4 Å². The molecule has 0 atom stereocenters. The molecule has 0 radical (unpaired) electrons. The molecule has 0 N–H and O–H groups in total. The maximum atomic E-state index is 6.06. The SMILES string of the molecule is c1csc(Oc2cccc(Oc3cccs3)c2Oc2cccs2)c1. The minimum Gasteiger partial charge on any atom is -0.443 e. The third-order valence-electron chi connectivity index (χ3n) is 3.05. The van der Waals surface area contributed by atoms with Crippen LogP contribution in [0.25, 0.3) is 0 Å². The zero-order valence-electron chi connectivity index (χ0n) is 12.4. The van der Waals surface area contributed by atoms with E-state index in [1.165, 1.54) is 34.0 Å². The Kier molecular flexibility index (Phi) is 4.51. The molecular formula is C18H12O3S3. The summed E-state index contributed by atoms with van der Waals surface area (Å²) in [6.07, 6.45) is 0. The second-order valence-electron chi connectivity index (χ2n) is 4.69. The number of benzene rings is 1. The van der Waals surface area contributed by atoms with Crippen molar-refractivity contribution in [2.24, 2.45) is 0 Å². The Morgan fingerprint density at radius 3 is 1.38 bits per heavy atom. The van der Waals surface area contributed by atoms with Gasteiger partial charge in [0.05, 0.1) is 0 Å². The molecule has 4 aromatic rings. The molecule has 0 aliphatic rings. The Balaban J connectivity index is 1.71. The van der Waals surface area contributed by atoms with E-state index in [-0.39, 0.29) is 0 Å². The van der Waals surface area contributed by atoms with Crippen LogP contribution in [-0.4, -0.2) is 0 Å². The summed E-state index contributed by atoms with van der Waals surface area (Å²) in [7, 11) is 0. The monoisotopic (exact) mass is 372 g/mol. The zero-order chi connectivity index (χ0) is 16.2. The first kappa shape index (κ1) is 15.3. The normalized spacial score (nSPS) is 10.5. The summed E-state index contributed by atoms with van der Waals surface area (Å²) in [5, 5.41) is 8.31. The van der Waals surface area contributed by atoms with Crippen molar-refractivity contribution in [1.29, 1.82) is 0 Å². The van der Waals surface area contributed by atoms with Crippen molar-refractivity contribution in [2.45, 2.75) is 0 Å². The quantitative estimate of drug-likeness (QED) is 0.357. The van der Waals surface area contributed by atoms with Crippen molar-refractivity contribution in [2.75, 3.05) is 0 Å². The van der Waals surface area contributed by atoms with Gasteiger partial charge in [-0.2, -0.15) is 0 Å². The van der Waals surface area contributed by atoms with Gasteiger partial charge in [0.2, 0.25) is 5.75 Å². The van der Waals surface area contributed by atoms with Crippen LogP contribution in [0.2, 0.25) is 0 Å². The van der Waals surface area contributed by atoms with Crippen molar-refractivity contribution in [1.82, 2.24) is 0 Å². The summed E-state index contributed by atoms with van der Waals surface area (Å²) in [4.78, 5) is 0. The predicted octanol–water partition coefficient (Wildman–Crippen LogP) is 7.25. The van der Waals surface area contributed by atoms with Crippen LogP contribution >= 0.6 is 34.0 Å². The molecule has 6 heteroatoms. The van der Waals surface area contributed by atoms with Gasteiger partial charge in [0.25, 0.3) is 0 Å². The van der Waals surface area contributed by atoms with Crippen molar-refractivity contribution < 1.29 is 14.2 Å². The standard InChI is InChI=1S/C18H12O3S3/c1-5-13(19-15-7-2-10-22-15)18(21-17-9-4-12-24-17)14(6-1)20-16-8-3-11-23-16/h1-12H. The largest absolute Gasteiger partial charge is 0.443 e. The molecule has 0 bridgehead atoms. The van der Waals surface area contributed by atoms with Crippen LogP contribution in [0.1, 0.15) is 0 Å². The molecular weight excluding hydrogens is 360 g/mol. The fraction of sp³-hybridized carbons (Fsp3) is 0. The first-order chi connectivity index (χ1) is 11.9. The number of hydrogen-bond donors (Lipinski definition) is 0. The van der Waals surface area contributed by atoms with Crippen molar-refractivity contribution in [3.05, 3.63) is 70.7 Å². The van der Waals surface area contributed by atoms with Gasteiger partial charge in [-0.25, -0.2) is 0 Å². The van der Waals surface area contributed by atoms with E-state index in [9.17, 15) is 0 Å². The molecule has 0 unspecified atom stereocenters. The van der Waals surface area contributed by atoms with Crippen LogP contribution in [-0.2, 0) is 0 Å². The molecule has 120 valence electrons. The lowest BCUT2D eigenvalue weighted by Crippen LogP contribution is -1.92. The Morgan fingerprint density at radius 2 is 0.958 bits per heavy atom. The fourth-order valence-electron chi connectivity index (χ4n) is 2.04. The average Bonchev–Trinajstić information content (AvgIpc) is 3.34. The van der Waals surface area contributed by atoms with Crippen LogP contribution in [0.15, 0.2) is 70.7 Å². The Bertz CT molecular complexity index is 827. The molecule has 24 heavy (non-hydrogen) atoms. The molecule has 1 aromatic carbocycles. The molecule has 0 amide bonds. The third kappa shape index (κ3) is 3.46. The maximum Gasteiger partial charge on any atom is 0.213 e. The summed E-state index contributed by atoms with van der Waals surface area (Å²) in [6.45, 7) is 0. The highest BCUT2D eigenvalue weighted by molar-refractivity contribution is 7.12. The summed E-state index contributed by atoms with van der Waals surface area (Å²) in [5.41, 5.74) is 0. The molecule has 0 spiro atoms. The van der Waals surface area contributed by atoms with E-state index in [1.54, 1.807) is 0 Å². The molecule has 4 rings (SSSR count). The van der Waals surface area contributed by atoms with Crippen LogP contribution in [0.4, 0.5) is 0 Å². The van der Waals surface area contributed by atoms with E-state index in [1.807, 2.05) is 70.7 Å². The molecule has 0 fully saturated rings. The number of ether oxygens (including phenoxy) is 3. The van der Waals surface area contributed by atoms with Gasteiger partial charge >= 0.3 is 0 Å². The lowest BCUT2D eigenvalue weighted by atomic mass is 10.3. The van der Waals surface area contributed by atoms with Gasteiger partial charge in [0.1, 0.15) is 0 Å². The topological polar surface area (TPSA) is 27.7 Å². The summed E-state index contributed by atoms with van der Waals surface area (Å²) in [6, 6.07) is 17.3. The Morgan fingerprint density at radius 1 is 0.500 bits per heavy atom. The van der Waals surface area contributed by atoms with Crippen LogP contribution in [0.5, 0.6) is 32.4 Å². The van der Waals surface area contributed by atoms with Crippen LogP contribution < -0.4 is 14.2 Å². The highest BCUT2D eigenvalue weighted by Gasteiger charge is 2.16. The van der Waals surface area contributed by atoms with E-state index in [2.05, 4.69) is 0 Å². The van der Waals surface area contributed by atoms with Gasteiger partial charge < -0.3 is 14.2 Å². The van der Waals surface area contributed by atoms with Gasteiger partial charge in [-0.3, -0.25) is 0 Å². The lowest BCUT2D eigenvalue weighted by Gasteiger charge is -2.14. The molecule has 0 aliphatic heterocycles. The maximum absolute atomic E-state index is 6.06. The van der Waals surface area contributed by atoms with E-state index in [0.29, 0.717) is 17.2 Å². The van der Waals surface area contributed by atoms with Crippen molar-refractivity contribution in [3.63, 3.8) is 0 Å². The average molecular weight is 372 g/mol. The lowest BCUT2D eigenvalue weighted by molar-refractivity contribution is 0.398. The van der Waals surface area contributed by atoms with Gasteiger partial charge in [0, 0.05) is 0 Å². The summed E-state index contributed by atoms with van der Waals surface area (Å²) < 4.78 is 18.0. The van der Waals surface area contributed by atoms with Gasteiger partial charge in [-0.05, 0) is 64.7 Å². The number of thiophene rings is 3. The molecule has 3 aromatic heterocycles. The zero-order valence-corrected chi connectivity index (χ0v) is 14.8. The van der Waals surface area contributed by atoms with E-state index >= 15 is 0 Å². The minimum atomic E-state index is 0.571. The van der Waals surface area contributed by atoms with Crippen LogP contribution in [0.3, 0.4) is 0 Å². The van der Waals surface area contributed by atoms with Crippen molar-refractivity contribution >= 4 is 34.0 Å². The molecule has 3 heterocycles. The number of rotatable bonds is 6. The third-order valence-corrected chi connectivity index (χ3v) is 5.29. The summed E-state index contributed by atoms with van der Waals surface area (Å²) >= 11 is 4.59. The van der Waals surface area contributed by atoms with E-state index in [0.717, 1.165) is 15.2 Å². The van der Waals surface area contributed by atoms with Crippen LogP contribution in [0, 0.1) is 0 Å².